The van der Waals surface area contributed by atoms with E-state index in [2.05, 4.69) is 0 Å². The third-order valence-corrected chi connectivity index (χ3v) is 3.46. The van der Waals surface area contributed by atoms with Crippen LogP contribution in [0.4, 0.5) is 0 Å². The zero-order valence-electron chi connectivity index (χ0n) is 13.5. The molecule has 6 heteroatoms. The SMILES string of the molecule is CCOc1cc(C(=O)OCCOc2ccc(C)cc2)cc(Cl)c1O. The van der Waals surface area contributed by atoms with E-state index in [-0.39, 0.29) is 35.3 Å². The molecular formula is C18H19ClO5. The molecule has 2 rings (SSSR count). The molecule has 0 spiro atoms. The molecule has 0 radical (unpaired) electrons. The second-order valence-electron chi connectivity index (χ2n) is 5.04. The van der Waals surface area contributed by atoms with Gasteiger partial charge in [-0.2, -0.15) is 0 Å². The highest BCUT2D eigenvalue weighted by Crippen LogP contribution is 2.35. The van der Waals surface area contributed by atoms with Crippen LogP contribution in [-0.2, 0) is 4.74 Å². The fraction of sp³-hybridized carbons (Fsp3) is 0.278. The van der Waals surface area contributed by atoms with E-state index < -0.39 is 5.97 Å². The monoisotopic (exact) mass is 350 g/mol. The Bertz CT molecular complexity index is 697. The predicted molar refractivity (Wildman–Crippen MR) is 91.2 cm³/mol. The lowest BCUT2D eigenvalue weighted by Gasteiger charge is -2.11. The second-order valence-corrected chi connectivity index (χ2v) is 5.44. The smallest absolute Gasteiger partial charge is 0.338 e. The summed E-state index contributed by atoms with van der Waals surface area (Å²) >= 11 is 5.89. The molecule has 1 N–H and O–H groups in total. The van der Waals surface area contributed by atoms with Crippen LogP contribution in [0.15, 0.2) is 36.4 Å². The quantitative estimate of drug-likeness (QED) is 0.604. The fourth-order valence-electron chi connectivity index (χ4n) is 1.97. The predicted octanol–water partition coefficient (Wildman–Crippen LogP) is 3.99. The summed E-state index contributed by atoms with van der Waals surface area (Å²) in [6.07, 6.45) is 0. The van der Waals surface area contributed by atoms with Crippen molar-refractivity contribution in [2.75, 3.05) is 19.8 Å². The van der Waals surface area contributed by atoms with Crippen molar-refractivity contribution in [2.45, 2.75) is 13.8 Å². The van der Waals surface area contributed by atoms with Crippen LogP contribution in [0.25, 0.3) is 0 Å². The van der Waals surface area contributed by atoms with Crippen molar-refractivity contribution in [3.8, 4) is 17.2 Å². The van der Waals surface area contributed by atoms with Gasteiger partial charge in [-0.3, -0.25) is 0 Å². The number of hydrogen-bond acceptors (Lipinski definition) is 5. The Balaban J connectivity index is 1.89. The average Bonchev–Trinajstić information content (AvgIpc) is 2.57. The number of ether oxygens (including phenoxy) is 3. The molecule has 0 aliphatic rings. The average molecular weight is 351 g/mol. The molecule has 0 aromatic heterocycles. The number of hydrogen-bond donors (Lipinski definition) is 1. The van der Waals surface area contributed by atoms with Gasteiger partial charge in [0, 0.05) is 0 Å². The maximum absolute atomic E-state index is 12.0. The third kappa shape index (κ3) is 4.80. The number of phenolic OH excluding ortho intramolecular Hbond substituents is 1. The molecule has 0 bridgehead atoms. The largest absolute Gasteiger partial charge is 0.503 e. The zero-order valence-corrected chi connectivity index (χ0v) is 14.3. The third-order valence-electron chi connectivity index (χ3n) is 3.17. The van der Waals surface area contributed by atoms with E-state index in [9.17, 15) is 9.90 Å². The van der Waals surface area contributed by atoms with Crippen LogP contribution in [-0.4, -0.2) is 30.9 Å². The highest BCUT2D eigenvalue weighted by Gasteiger charge is 2.15. The molecule has 5 nitrogen and oxygen atoms in total. The summed E-state index contributed by atoms with van der Waals surface area (Å²) in [6, 6.07) is 10.3. The second kappa shape index (κ2) is 8.45. The number of aryl methyl sites for hydroxylation is 1. The first-order chi connectivity index (χ1) is 11.5. The molecule has 0 unspecified atom stereocenters. The van der Waals surface area contributed by atoms with E-state index in [1.165, 1.54) is 12.1 Å². The molecule has 0 saturated heterocycles. The number of phenols is 1. The summed E-state index contributed by atoms with van der Waals surface area (Å²) in [5.41, 5.74) is 1.35. The van der Waals surface area contributed by atoms with Crippen molar-refractivity contribution in [3.63, 3.8) is 0 Å². The first-order valence-electron chi connectivity index (χ1n) is 7.53. The number of aromatic hydroxyl groups is 1. The van der Waals surface area contributed by atoms with Crippen LogP contribution in [0, 0.1) is 6.92 Å². The van der Waals surface area contributed by atoms with Crippen molar-refractivity contribution in [1.29, 1.82) is 0 Å². The Hall–Kier alpha value is -2.40. The lowest BCUT2D eigenvalue weighted by molar-refractivity contribution is 0.0450. The summed E-state index contributed by atoms with van der Waals surface area (Å²) in [5.74, 6) is 0.0962. The van der Waals surface area contributed by atoms with E-state index in [1.807, 2.05) is 31.2 Å². The molecule has 0 aliphatic carbocycles. The Morgan fingerprint density at radius 2 is 1.83 bits per heavy atom. The minimum Gasteiger partial charge on any atom is -0.503 e. The summed E-state index contributed by atoms with van der Waals surface area (Å²) in [7, 11) is 0. The molecule has 2 aromatic rings. The number of esters is 1. The maximum atomic E-state index is 12.0. The van der Waals surface area contributed by atoms with Gasteiger partial charge in [-0.1, -0.05) is 29.3 Å². The van der Waals surface area contributed by atoms with Crippen LogP contribution >= 0.6 is 11.6 Å². The minimum atomic E-state index is -0.564. The number of carbonyl (C=O) groups excluding carboxylic acids is 1. The van der Waals surface area contributed by atoms with Gasteiger partial charge in [-0.05, 0) is 38.1 Å². The van der Waals surface area contributed by atoms with Gasteiger partial charge >= 0.3 is 5.97 Å². The highest BCUT2D eigenvalue weighted by atomic mass is 35.5. The summed E-state index contributed by atoms with van der Waals surface area (Å²) in [5, 5.41) is 9.80. The van der Waals surface area contributed by atoms with Crippen molar-refractivity contribution >= 4 is 17.6 Å². The number of rotatable bonds is 7. The van der Waals surface area contributed by atoms with Crippen LogP contribution in [0.1, 0.15) is 22.8 Å². The zero-order chi connectivity index (χ0) is 17.5. The topological polar surface area (TPSA) is 65.0 Å². The number of carbonyl (C=O) groups is 1. The van der Waals surface area contributed by atoms with Crippen LogP contribution in [0.3, 0.4) is 0 Å². The molecule has 24 heavy (non-hydrogen) atoms. The highest BCUT2D eigenvalue weighted by molar-refractivity contribution is 6.32. The minimum absolute atomic E-state index is 0.0313. The summed E-state index contributed by atoms with van der Waals surface area (Å²) in [6.45, 7) is 4.42. The van der Waals surface area contributed by atoms with Crippen molar-refractivity contribution in [2.24, 2.45) is 0 Å². The van der Waals surface area contributed by atoms with E-state index in [0.717, 1.165) is 5.56 Å². The molecule has 0 aliphatic heterocycles. The Labute approximate surface area is 145 Å². The van der Waals surface area contributed by atoms with Gasteiger partial charge in [0.2, 0.25) is 0 Å². The fourth-order valence-corrected chi connectivity index (χ4v) is 2.18. The Morgan fingerprint density at radius 3 is 2.50 bits per heavy atom. The van der Waals surface area contributed by atoms with E-state index in [0.29, 0.717) is 12.4 Å². The van der Waals surface area contributed by atoms with Gasteiger partial charge < -0.3 is 19.3 Å². The lowest BCUT2D eigenvalue weighted by atomic mass is 10.2. The number of halogens is 1. The van der Waals surface area contributed by atoms with Gasteiger partial charge in [-0.25, -0.2) is 4.79 Å². The molecule has 128 valence electrons. The molecule has 0 amide bonds. The standard InChI is InChI=1S/C18H19ClO5/c1-3-22-16-11-13(10-15(19)17(16)20)18(21)24-9-8-23-14-6-4-12(2)5-7-14/h4-7,10-11,20H,3,8-9H2,1-2H3. The van der Waals surface area contributed by atoms with Gasteiger partial charge in [0.1, 0.15) is 19.0 Å². The number of benzene rings is 2. The Kier molecular flexibility index (Phi) is 6.32. The van der Waals surface area contributed by atoms with Crippen LogP contribution in [0.2, 0.25) is 5.02 Å². The molecule has 0 atom stereocenters. The van der Waals surface area contributed by atoms with E-state index >= 15 is 0 Å². The Morgan fingerprint density at radius 1 is 1.12 bits per heavy atom. The van der Waals surface area contributed by atoms with Crippen LogP contribution in [0.5, 0.6) is 17.2 Å². The normalized spacial score (nSPS) is 10.3. The van der Waals surface area contributed by atoms with Crippen LogP contribution < -0.4 is 9.47 Å². The van der Waals surface area contributed by atoms with Gasteiger partial charge in [0.15, 0.2) is 11.5 Å². The van der Waals surface area contributed by atoms with Gasteiger partial charge in [0.05, 0.1) is 17.2 Å². The summed E-state index contributed by atoms with van der Waals surface area (Å²) < 4.78 is 15.9. The first kappa shape index (κ1) is 17.9. The van der Waals surface area contributed by atoms with Gasteiger partial charge in [0.25, 0.3) is 0 Å². The molecule has 0 heterocycles. The van der Waals surface area contributed by atoms with Crippen molar-refractivity contribution < 1.29 is 24.1 Å². The molecular weight excluding hydrogens is 332 g/mol. The molecule has 2 aromatic carbocycles. The van der Waals surface area contributed by atoms with E-state index in [1.54, 1.807) is 6.92 Å². The van der Waals surface area contributed by atoms with Crippen molar-refractivity contribution in [1.82, 2.24) is 0 Å². The lowest BCUT2D eigenvalue weighted by Crippen LogP contribution is -2.12. The summed E-state index contributed by atoms with van der Waals surface area (Å²) in [4.78, 5) is 12.0. The van der Waals surface area contributed by atoms with Gasteiger partial charge in [-0.15, -0.1) is 0 Å². The maximum Gasteiger partial charge on any atom is 0.338 e. The van der Waals surface area contributed by atoms with Crippen molar-refractivity contribution in [3.05, 3.63) is 52.5 Å². The molecule has 0 saturated carbocycles. The first-order valence-corrected chi connectivity index (χ1v) is 7.91. The molecule has 0 fully saturated rings. The van der Waals surface area contributed by atoms with E-state index in [4.69, 9.17) is 25.8 Å².